The van der Waals surface area contributed by atoms with E-state index in [-0.39, 0.29) is 11.0 Å². The van der Waals surface area contributed by atoms with Crippen LogP contribution >= 0.6 is 11.6 Å². The molecule has 7 nitrogen and oxygen atoms in total. The van der Waals surface area contributed by atoms with Crippen molar-refractivity contribution in [2.24, 2.45) is 0 Å². The number of aromatic hydroxyl groups is 1. The molecule has 0 fully saturated rings. The standard InChI is InChI=1S/C18H12ClNO6/c19-12-4-2-1-3-10(12)9-5-6-11-13(7-9)26-18(25)15(16(11)23)17(24)20-8-14(21)22/h1-7,23H,8H2,(H,20,24)(H,21,22). The van der Waals surface area contributed by atoms with E-state index in [0.717, 1.165) is 0 Å². The molecule has 2 aromatic carbocycles. The van der Waals surface area contributed by atoms with Crippen LogP contribution in [0.25, 0.3) is 22.1 Å². The molecule has 0 aliphatic heterocycles. The van der Waals surface area contributed by atoms with Gasteiger partial charge in [-0.1, -0.05) is 35.9 Å². The third kappa shape index (κ3) is 3.25. The molecule has 1 aromatic heterocycles. The summed E-state index contributed by atoms with van der Waals surface area (Å²) in [4.78, 5) is 34.6. The first kappa shape index (κ1) is 17.5. The first-order chi connectivity index (χ1) is 12.4. The van der Waals surface area contributed by atoms with Gasteiger partial charge in [0.2, 0.25) is 0 Å². The molecular weight excluding hydrogens is 362 g/mol. The molecule has 0 bridgehead atoms. The second kappa shape index (κ2) is 6.89. The van der Waals surface area contributed by atoms with Crippen molar-refractivity contribution in [3.63, 3.8) is 0 Å². The van der Waals surface area contributed by atoms with Crippen molar-refractivity contribution >= 4 is 34.4 Å². The summed E-state index contributed by atoms with van der Waals surface area (Å²) < 4.78 is 5.14. The van der Waals surface area contributed by atoms with Gasteiger partial charge >= 0.3 is 11.6 Å². The van der Waals surface area contributed by atoms with Crippen molar-refractivity contribution in [2.45, 2.75) is 0 Å². The third-order valence-corrected chi connectivity index (χ3v) is 4.02. The quantitative estimate of drug-likeness (QED) is 0.605. The van der Waals surface area contributed by atoms with E-state index < -0.39 is 35.4 Å². The zero-order chi connectivity index (χ0) is 18.8. The van der Waals surface area contributed by atoms with Crippen molar-refractivity contribution in [1.82, 2.24) is 5.32 Å². The number of aliphatic carboxylic acids is 1. The first-order valence-electron chi connectivity index (χ1n) is 7.43. The van der Waals surface area contributed by atoms with E-state index in [1.165, 1.54) is 12.1 Å². The predicted molar refractivity (Wildman–Crippen MR) is 94.6 cm³/mol. The number of carbonyl (C=O) groups excluding carboxylic acids is 1. The van der Waals surface area contributed by atoms with Gasteiger partial charge in [0.15, 0.2) is 5.56 Å². The molecule has 1 amide bonds. The number of carboxylic acid groups (broad SMARTS) is 1. The van der Waals surface area contributed by atoms with E-state index in [9.17, 15) is 19.5 Å². The van der Waals surface area contributed by atoms with Crippen molar-refractivity contribution in [1.29, 1.82) is 0 Å². The van der Waals surface area contributed by atoms with Gasteiger partial charge in [-0.2, -0.15) is 0 Å². The van der Waals surface area contributed by atoms with Crippen LogP contribution in [0.2, 0.25) is 5.02 Å². The van der Waals surface area contributed by atoms with Gasteiger partial charge in [0.05, 0.1) is 5.39 Å². The van der Waals surface area contributed by atoms with Crippen LogP contribution in [0.5, 0.6) is 5.75 Å². The second-order valence-electron chi connectivity index (χ2n) is 5.38. The normalized spacial score (nSPS) is 10.7. The van der Waals surface area contributed by atoms with E-state index in [2.05, 4.69) is 0 Å². The zero-order valence-electron chi connectivity index (χ0n) is 13.2. The van der Waals surface area contributed by atoms with E-state index in [1.54, 1.807) is 30.3 Å². The minimum atomic E-state index is -1.28. The third-order valence-electron chi connectivity index (χ3n) is 3.69. The first-order valence-corrected chi connectivity index (χ1v) is 7.81. The van der Waals surface area contributed by atoms with Gasteiger partial charge in [-0.15, -0.1) is 0 Å². The van der Waals surface area contributed by atoms with Gasteiger partial charge in [0.25, 0.3) is 5.91 Å². The van der Waals surface area contributed by atoms with Gasteiger partial charge in [-0.05, 0) is 23.8 Å². The smallest absolute Gasteiger partial charge is 0.353 e. The number of rotatable bonds is 4. The maximum atomic E-state index is 12.1. The Morgan fingerprint density at radius 1 is 1.15 bits per heavy atom. The molecule has 132 valence electrons. The molecule has 26 heavy (non-hydrogen) atoms. The largest absolute Gasteiger partial charge is 0.506 e. The molecule has 0 radical (unpaired) electrons. The Labute approximate surface area is 151 Å². The molecule has 3 N–H and O–H groups in total. The summed E-state index contributed by atoms with van der Waals surface area (Å²) in [6.07, 6.45) is 0. The monoisotopic (exact) mass is 373 g/mol. The van der Waals surface area contributed by atoms with E-state index in [0.29, 0.717) is 16.1 Å². The summed E-state index contributed by atoms with van der Waals surface area (Å²) in [5, 5.41) is 21.5. The molecule has 0 saturated carbocycles. The highest BCUT2D eigenvalue weighted by Crippen LogP contribution is 2.33. The average molecular weight is 374 g/mol. The van der Waals surface area contributed by atoms with Gasteiger partial charge in [0.1, 0.15) is 17.9 Å². The van der Waals surface area contributed by atoms with Crippen molar-refractivity contribution in [2.75, 3.05) is 6.54 Å². The topological polar surface area (TPSA) is 117 Å². The highest BCUT2D eigenvalue weighted by Gasteiger charge is 2.21. The van der Waals surface area contributed by atoms with Gasteiger partial charge in [0, 0.05) is 10.6 Å². The fourth-order valence-corrected chi connectivity index (χ4v) is 2.74. The Morgan fingerprint density at radius 3 is 2.58 bits per heavy atom. The fraction of sp³-hybridized carbons (Fsp3) is 0.0556. The number of carboxylic acids is 1. The molecule has 0 unspecified atom stereocenters. The molecule has 8 heteroatoms. The Morgan fingerprint density at radius 2 is 1.88 bits per heavy atom. The number of benzene rings is 2. The number of hydrogen-bond acceptors (Lipinski definition) is 5. The van der Waals surface area contributed by atoms with Crippen LogP contribution in [0.4, 0.5) is 0 Å². The number of halogens is 1. The van der Waals surface area contributed by atoms with E-state index in [1.807, 2.05) is 5.32 Å². The lowest BCUT2D eigenvalue weighted by Gasteiger charge is -2.09. The molecule has 3 rings (SSSR count). The molecule has 0 saturated heterocycles. The van der Waals surface area contributed by atoms with Gasteiger partial charge in [-0.25, -0.2) is 4.79 Å². The van der Waals surface area contributed by atoms with E-state index >= 15 is 0 Å². The second-order valence-corrected chi connectivity index (χ2v) is 5.79. The highest BCUT2D eigenvalue weighted by molar-refractivity contribution is 6.33. The fourth-order valence-electron chi connectivity index (χ4n) is 2.49. The van der Waals surface area contributed by atoms with Crippen LogP contribution in [-0.2, 0) is 4.79 Å². The molecular formula is C18H12ClNO6. The Bertz CT molecular complexity index is 1090. The van der Waals surface area contributed by atoms with Crippen LogP contribution in [-0.4, -0.2) is 28.6 Å². The van der Waals surface area contributed by atoms with Crippen molar-refractivity contribution < 1.29 is 24.2 Å². The molecule has 0 spiro atoms. The minimum absolute atomic E-state index is 0.0692. The molecule has 0 aliphatic carbocycles. The van der Waals surface area contributed by atoms with Crippen molar-refractivity contribution in [3.05, 3.63) is 63.5 Å². The van der Waals surface area contributed by atoms with Gasteiger partial charge in [-0.3, -0.25) is 9.59 Å². The summed E-state index contributed by atoms with van der Waals surface area (Å²) in [6.45, 7) is -0.693. The lowest BCUT2D eigenvalue weighted by atomic mass is 10.0. The summed E-state index contributed by atoms with van der Waals surface area (Å²) in [5.41, 5.74) is -0.284. The Kier molecular flexibility index (Phi) is 4.64. The maximum absolute atomic E-state index is 12.1. The number of nitrogens with one attached hydrogen (secondary N) is 1. The molecule has 0 atom stereocenters. The Balaban J connectivity index is 2.10. The van der Waals surface area contributed by atoms with E-state index in [4.69, 9.17) is 21.1 Å². The lowest BCUT2D eigenvalue weighted by Crippen LogP contribution is -2.32. The number of amides is 1. The molecule has 3 aromatic rings. The Hall–Kier alpha value is -3.32. The highest BCUT2D eigenvalue weighted by atomic mass is 35.5. The van der Waals surface area contributed by atoms with Crippen LogP contribution in [0.3, 0.4) is 0 Å². The number of fused-ring (bicyclic) bond motifs is 1. The number of hydrogen-bond donors (Lipinski definition) is 3. The molecule has 1 heterocycles. The molecule has 0 aliphatic rings. The SMILES string of the molecule is O=C(O)CNC(=O)c1c(O)c2ccc(-c3ccccc3Cl)cc2oc1=O. The summed E-state index contributed by atoms with van der Waals surface area (Å²) >= 11 is 6.16. The summed E-state index contributed by atoms with van der Waals surface area (Å²) in [6, 6.07) is 11.7. The van der Waals surface area contributed by atoms with Crippen LogP contribution in [0.15, 0.2) is 51.7 Å². The zero-order valence-corrected chi connectivity index (χ0v) is 13.9. The minimum Gasteiger partial charge on any atom is -0.506 e. The number of carbonyl (C=O) groups is 2. The summed E-state index contributed by atoms with van der Waals surface area (Å²) in [5.74, 6) is -2.90. The van der Waals surface area contributed by atoms with Crippen LogP contribution < -0.4 is 10.9 Å². The maximum Gasteiger partial charge on any atom is 0.353 e. The van der Waals surface area contributed by atoms with Crippen LogP contribution in [0.1, 0.15) is 10.4 Å². The predicted octanol–water partition coefficient (Wildman–Crippen LogP) is 2.63. The van der Waals surface area contributed by atoms with Crippen LogP contribution in [0, 0.1) is 0 Å². The summed E-state index contributed by atoms with van der Waals surface area (Å²) in [7, 11) is 0. The van der Waals surface area contributed by atoms with Crippen molar-refractivity contribution in [3.8, 4) is 16.9 Å². The average Bonchev–Trinajstić information content (AvgIpc) is 2.60. The lowest BCUT2D eigenvalue weighted by molar-refractivity contribution is -0.135. The van der Waals surface area contributed by atoms with Gasteiger partial charge < -0.3 is 19.9 Å².